The molecule has 4 heteroatoms. The van der Waals surface area contributed by atoms with Crippen molar-refractivity contribution < 1.29 is 4.79 Å². The van der Waals surface area contributed by atoms with Crippen LogP contribution in [-0.2, 0) is 11.2 Å². The molecule has 21 heavy (non-hydrogen) atoms. The number of carbonyl (C=O) groups excluding carboxylic acids is 1. The predicted molar refractivity (Wildman–Crippen MR) is 85.5 cm³/mol. The summed E-state index contributed by atoms with van der Waals surface area (Å²) in [5, 5.41) is 6.45. The van der Waals surface area contributed by atoms with Crippen LogP contribution in [0.25, 0.3) is 0 Å². The summed E-state index contributed by atoms with van der Waals surface area (Å²) in [6.07, 6.45) is 5.82. The molecule has 1 aromatic rings. The maximum Gasteiger partial charge on any atom is 0.242 e. The number of hydrogen-bond acceptors (Lipinski definition) is 3. The van der Waals surface area contributed by atoms with Crippen molar-refractivity contribution in [1.82, 2.24) is 10.2 Å². The van der Waals surface area contributed by atoms with Crippen LogP contribution in [0.1, 0.15) is 31.2 Å². The van der Waals surface area contributed by atoms with Crippen molar-refractivity contribution in [3.8, 4) is 0 Å². The fourth-order valence-corrected chi connectivity index (χ4v) is 3.28. The van der Waals surface area contributed by atoms with E-state index in [1.807, 2.05) is 6.07 Å². The monoisotopic (exact) mass is 287 g/mol. The van der Waals surface area contributed by atoms with Gasteiger partial charge in [-0.1, -0.05) is 24.6 Å². The third kappa shape index (κ3) is 3.76. The number of aryl methyl sites for hydroxylation is 1. The number of hydrogen-bond donors (Lipinski definition) is 2. The van der Waals surface area contributed by atoms with E-state index < -0.39 is 0 Å². The average Bonchev–Trinajstić information content (AvgIpc) is 2.55. The highest BCUT2D eigenvalue weighted by atomic mass is 16.2. The molecule has 0 bridgehead atoms. The topological polar surface area (TPSA) is 44.4 Å². The van der Waals surface area contributed by atoms with E-state index in [2.05, 4.69) is 33.7 Å². The Kier molecular flexibility index (Phi) is 4.76. The summed E-state index contributed by atoms with van der Waals surface area (Å²) in [6.45, 7) is 4.11. The minimum absolute atomic E-state index is 0.0822. The minimum atomic E-state index is -0.0822. The van der Waals surface area contributed by atoms with E-state index in [9.17, 15) is 4.79 Å². The molecular formula is C17H25N3O. The Morgan fingerprint density at radius 1 is 1.24 bits per heavy atom. The normalized spacial score (nSPS) is 22.2. The van der Waals surface area contributed by atoms with Gasteiger partial charge in [0.1, 0.15) is 6.04 Å². The third-order valence-corrected chi connectivity index (χ3v) is 4.54. The highest BCUT2D eigenvalue weighted by Gasteiger charge is 2.23. The van der Waals surface area contributed by atoms with E-state index in [0.29, 0.717) is 0 Å². The van der Waals surface area contributed by atoms with Crippen LogP contribution >= 0.6 is 0 Å². The number of carbonyl (C=O) groups is 1. The van der Waals surface area contributed by atoms with Gasteiger partial charge in [-0.25, -0.2) is 0 Å². The summed E-state index contributed by atoms with van der Waals surface area (Å²) in [4.78, 5) is 14.7. The van der Waals surface area contributed by atoms with Crippen LogP contribution in [0.4, 0.5) is 5.69 Å². The molecule has 0 spiro atoms. The highest BCUT2D eigenvalue weighted by molar-refractivity contribution is 5.85. The molecule has 0 aliphatic carbocycles. The predicted octanol–water partition coefficient (Wildman–Crippen LogP) is 2.02. The molecule has 1 amide bonds. The second kappa shape index (κ2) is 6.94. The molecule has 0 saturated carbocycles. The summed E-state index contributed by atoms with van der Waals surface area (Å²) >= 11 is 0. The van der Waals surface area contributed by atoms with Crippen LogP contribution in [0.5, 0.6) is 0 Å². The maximum atomic E-state index is 12.3. The number of para-hydroxylation sites is 1. The Hall–Kier alpha value is -1.55. The lowest BCUT2D eigenvalue weighted by molar-refractivity contribution is -0.122. The lowest BCUT2D eigenvalue weighted by Crippen LogP contribution is -2.45. The Morgan fingerprint density at radius 2 is 2.05 bits per heavy atom. The van der Waals surface area contributed by atoms with Gasteiger partial charge in [-0.3, -0.25) is 4.79 Å². The fourth-order valence-electron chi connectivity index (χ4n) is 3.28. The highest BCUT2D eigenvalue weighted by Crippen LogP contribution is 2.24. The van der Waals surface area contributed by atoms with E-state index >= 15 is 0 Å². The molecule has 1 aromatic carbocycles. The summed E-state index contributed by atoms with van der Waals surface area (Å²) in [5.74, 6) is 0.140. The number of amides is 1. The molecule has 0 aromatic heterocycles. The van der Waals surface area contributed by atoms with E-state index in [1.165, 1.54) is 37.9 Å². The molecule has 1 saturated heterocycles. The minimum Gasteiger partial charge on any atom is -0.373 e. The Bertz CT molecular complexity index is 483. The molecule has 1 unspecified atom stereocenters. The zero-order valence-corrected chi connectivity index (χ0v) is 12.6. The first-order chi connectivity index (χ1) is 10.3. The molecule has 4 nitrogen and oxygen atoms in total. The zero-order valence-electron chi connectivity index (χ0n) is 12.6. The largest absolute Gasteiger partial charge is 0.373 e. The van der Waals surface area contributed by atoms with Gasteiger partial charge in [0.05, 0.1) is 0 Å². The first-order valence-electron chi connectivity index (χ1n) is 8.17. The molecule has 2 heterocycles. The number of likely N-dealkylation sites (tertiary alicyclic amines) is 1. The van der Waals surface area contributed by atoms with E-state index in [-0.39, 0.29) is 11.9 Å². The molecule has 1 fully saturated rings. The number of nitrogens with one attached hydrogen (secondary N) is 2. The standard InChI is InChI=1S/C17H25N3O/c21-17(18-10-13-20-11-4-1-5-12-20)16-9-8-14-6-2-3-7-15(14)19-16/h2-3,6-7,16,19H,1,4-5,8-13H2,(H,18,21). The average molecular weight is 287 g/mol. The molecule has 114 valence electrons. The SMILES string of the molecule is O=C(NCCN1CCCCC1)C1CCc2ccccc2N1. The summed E-state index contributed by atoms with van der Waals surface area (Å²) < 4.78 is 0. The molecule has 1 atom stereocenters. The van der Waals surface area contributed by atoms with Crippen molar-refractivity contribution in [3.63, 3.8) is 0 Å². The summed E-state index contributed by atoms with van der Waals surface area (Å²) in [6, 6.07) is 8.18. The smallest absolute Gasteiger partial charge is 0.242 e. The molecule has 0 radical (unpaired) electrons. The van der Waals surface area contributed by atoms with Crippen molar-refractivity contribution in [2.45, 2.75) is 38.1 Å². The van der Waals surface area contributed by atoms with Crippen molar-refractivity contribution in [3.05, 3.63) is 29.8 Å². The summed E-state index contributed by atoms with van der Waals surface area (Å²) in [5.41, 5.74) is 2.43. The van der Waals surface area contributed by atoms with Gasteiger partial charge >= 0.3 is 0 Å². The summed E-state index contributed by atoms with van der Waals surface area (Å²) in [7, 11) is 0. The first-order valence-corrected chi connectivity index (χ1v) is 8.17. The first kappa shape index (κ1) is 14.4. The van der Waals surface area contributed by atoms with Crippen LogP contribution in [-0.4, -0.2) is 43.0 Å². The van der Waals surface area contributed by atoms with E-state index in [4.69, 9.17) is 0 Å². The van der Waals surface area contributed by atoms with Gasteiger partial charge in [0.2, 0.25) is 5.91 Å². The Morgan fingerprint density at radius 3 is 2.90 bits per heavy atom. The van der Waals surface area contributed by atoms with Crippen LogP contribution in [0.3, 0.4) is 0 Å². The molecule has 2 N–H and O–H groups in total. The Balaban J connectivity index is 1.44. The lowest BCUT2D eigenvalue weighted by Gasteiger charge is -2.28. The van der Waals surface area contributed by atoms with Gasteiger partial charge in [-0.2, -0.15) is 0 Å². The zero-order chi connectivity index (χ0) is 14.5. The van der Waals surface area contributed by atoms with Gasteiger partial charge in [0.25, 0.3) is 0 Å². The van der Waals surface area contributed by atoms with Crippen molar-refractivity contribution in [1.29, 1.82) is 0 Å². The third-order valence-electron chi connectivity index (χ3n) is 4.54. The number of anilines is 1. The van der Waals surface area contributed by atoms with Gasteiger partial charge in [-0.15, -0.1) is 0 Å². The maximum absolute atomic E-state index is 12.3. The number of rotatable bonds is 4. The molecule has 2 aliphatic heterocycles. The van der Waals surface area contributed by atoms with Crippen LogP contribution in [0.2, 0.25) is 0 Å². The number of benzene rings is 1. The van der Waals surface area contributed by atoms with Gasteiger partial charge in [-0.05, 0) is 50.4 Å². The second-order valence-electron chi connectivity index (χ2n) is 6.09. The number of piperidine rings is 1. The van der Waals surface area contributed by atoms with Gasteiger partial charge < -0.3 is 15.5 Å². The van der Waals surface area contributed by atoms with Gasteiger partial charge in [0, 0.05) is 18.8 Å². The molecule has 3 rings (SSSR count). The van der Waals surface area contributed by atoms with E-state index in [0.717, 1.165) is 31.6 Å². The number of nitrogens with zero attached hydrogens (tertiary/aromatic N) is 1. The van der Waals surface area contributed by atoms with Crippen molar-refractivity contribution in [2.75, 3.05) is 31.5 Å². The lowest BCUT2D eigenvalue weighted by atomic mass is 9.98. The number of fused-ring (bicyclic) bond motifs is 1. The molecular weight excluding hydrogens is 262 g/mol. The fraction of sp³-hybridized carbons (Fsp3) is 0.588. The Labute approximate surface area is 126 Å². The van der Waals surface area contributed by atoms with Crippen molar-refractivity contribution in [2.24, 2.45) is 0 Å². The van der Waals surface area contributed by atoms with E-state index in [1.54, 1.807) is 0 Å². The molecule has 2 aliphatic rings. The van der Waals surface area contributed by atoms with Gasteiger partial charge in [0.15, 0.2) is 0 Å². The van der Waals surface area contributed by atoms with Crippen LogP contribution in [0, 0.1) is 0 Å². The van der Waals surface area contributed by atoms with Crippen molar-refractivity contribution >= 4 is 11.6 Å². The van der Waals surface area contributed by atoms with Crippen LogP contribution < -0.4 is 10.6 Å². The van der Waals surface area contributed by atoms with Crippen LogP contribution in [0.15, 0.2) is 24.3 Å². The quantitative estimate of drug-likeness (QED) is 0.890. The second-order valence-corrected chi connectivity index (χ2v) is 6.09.